The summed E-state index contributed by atoms with van der Waals surface area (Å²) < 4.78 is 0. The zero-order valence-corrected chi connectivity index (χ0v) is 10.0. The summed E-state index contributed by atoms with van der Waals surface area (Å²) in [5, 5.41) is 2.99. The van der Waals surface area contributed by atoms with Crippen LogP contribution in [0.15, 0.2) is 18.2 Å². The Morgan fingerprint density at radius 2 is 2.19 bits per heavy atom. The van der Waals surface area contributed by atoms with Crippen molar-refractivity contribution in [3.8, 4) is 0 Å². The van der Waals surface area contributed by atoms with Crippen molar-refractivity contribution in [1.82, 2.24) is 5.32 Å². The highest BCUT2D eigenvalue weighted by molar-refractivity contribution is 5.97. The van der Waals surface area contributed by atoms with Gasteiger partial charge in [0.25, 0.3) is 5.91 Å². The zero-order chi connectivity index (χ0) is 11.5. The maximum Gasteiger partial charge on any atom is 0.251 e. The highest BCUT2D eigenvalue weighted by Crippen LogP contribution is 2.28. The number of fused-ring (bicyclic) bond motifs is 1. The lowest BCUT2D eigenvalue weighted by atomic mass is 9.86. The van der Waals surface area contributed by atoms with E-state index in [1.165, 1.54) is 11.1 Å². The van der Waals surface area contributed by atoms with E-state index in [-0.39, 0.29) is 5.91 Å². The van der Waals surface area contributed by atoms with Gasteiger partial charge < -0.3 is 5.32 Å². The summed E-state index contributed by atoms with van der Waals surface area (Å²) in [6.07, 6.45) is 3.30. The van der Waals surface area contributed by atoms with Gasteiger partial charge in [-0.25, -0.2) is 0 Å². The van der Waals surface area contributed by atoms with E-state index in [0.717, 1.165) is 31.4 Å². The lowest BCUT2D eigenvalue weighted by Gasteiger charge is -2.26. The van der Waals surface area contributed by atoms with Crippen LogP contribution in [0.2, 0.25) is 0 Å². The fourth-order valence-electron chi connectivity index (χ4n) is 2.40. The molecule has 2 heteroatoms. The Kier molecular flexibility index (Phi) is 3.28. The minimum atomic E-state index is 0.0950. The van der Waals surface area contributed by atoms with E-state index in [1.54, 1.807) is 0 Å². The first kappa shape index (κ1) is 11.2. The van der Waals surface area contributed by atoms with Crippen LogP contribution in [-0.4, -0.2) is 12.5 Å². The highest BCUT2D eigenvalue weighted by Gasteiger charge is 2.24. The number of nitrogens with one attached hydrogen (secondary N) is 1. The Morgan fingerprint density at radius 1 is 1.38 bits per heavy atom. The van der Waals surface area contributed by atoms with Crippen molar-refractivity contribution in [3.63, 3.8) is 0 Å². The largest absolute Gasteiger partial charge is 0.351 e. The second-order valence-corrected chi connectivity index (χ2v) is 4.47. The SMILES string of the molecule is CCCC1CNC(=O)c2cc(CC)ccc21. The van der Waals surface area contributed by atoms with Crippen LogP contribution >= 0.6 is 0 Å². The molecule has 1 N–H and O–H groups in total. The summed E-state index contributed by atoms with van der Waals surface area (Å²) in [6, 6.07) is 6.35. The Labute approximate surface area is 97.1 Å². The predicted molar refractivity (Wildman–Crippen MR) is 65.8 cm³/mol. The smallest absolute Gasteiger partial charge is 0.251 e. The van der Waals surface area contributed by atoms with E-state index in [0.29, 0.717) is 5.92 Å². The summed E-state index contributed by atoms with van der Waals surface area (Å²) in [5.74, 6) is 0.598. The summed E-state index contributed by atoms with van der Waals surface area (Å²) in [5.41, 5.74) is 3.37. The molecule has 1 atom stereocenters. The Morgan fingerprint density at radius 3 is 2.88 bits per heavy atom. The number of carbonyl (C=O) groups is 1. The molecule has 0 saturated carbocycles. The molecular formula is C14H19NO. The maximum atomic E-state index is 11.8. The molecule has 0 bridgehead atoms. The minimum absolute atomic E-state index is 0.0950. The number of hydrogen-bond donors (Lipinski definition) is 1. The van der Waals surface area contributed by atoms with Gasteiger partial charge in [0.2, 0.25) is 0 Å². The third-order valence-electron chi connectivity index (χ3n) is 3.36. The minimum Gasteiger partial charge on any atom is -0.351 e. The molecule has 1 aromatic rings. The molecule has 2 rings (SSSR count). The van der Waals surface area contributed by atoms with Gasteiger partial charge in [-0.15, -0.1) is 0 Å². The summed E-state index contributed by atoms with van der Waals surface area (Å²) >= 11 is 0. The molecule has 0 saturated heterocycles. The van der Waals surface area contributed by atoms with Crippen LogP contribution in [0.25, 0.3) is 0 Å². The van der Waals surface area contributed by atoms with E-state index in [4.69, 9.17) is 0 Å². The van der Waals surface area contributed by atoms with Crippen molar-refractivity contribution < 1.29 is 4.79 Å². The number of aryl methyl sites for hydroxylation is 1. The average molecular weight is 217 g/mol. The zero-order valence-electron chi connectivity index (χ0n) is 10.0. The van der Waals surface area contributed by atoms with Crippen molar-refractivity contribution >= 4 is 5.91 Å². The van der Waals surface area contributed by atoms with Crippen molar-refractivity contribution in [2.45, 2.75) is 39.0 Å². The van der Waals surface area contributed by atoms with E-state index in [9.17, 15) is 4.79 Å². The van der Waals surface area contributed by atoms with Crippen LogP contribution in [0.1, 0.15) is 54.1 Å². The van der Waals surface area contributed by atoms with Gasteiger partial charge in [-0.2, -0.15) is 0 Å². The van der Waals surface area contributed by atoms with Crippen LogP contribution in [0.5, 0.6) is 0 Å². The van der Waals surface area contributed by atoms with Gasteiger partial charge >= 0.3 is 0 Å². The maximum absolute atomic E-state index is 11.8. The Hall–Kier alpha value is -1.31. The molecule has 1 aliphatic heterocycles. The summed E-state index contributed by atoms with van der Waals surface area (Å²) in [6.45, 7) is 5.10. The second kappa shape index (κ2) is 4.69. The van der Waals surface area contributed by atoms with Gasteiger partial charge in [0.05, 0.1) is 0 Å². The normalized spacial score (nSPS) is 19.1. The van der Waals surface area contributed by atoms with Crippen molar-refractivity contribution in [1.29, 1.82) is 0 Å². The first-order valence-corrected chi connectivity index (χ1v) is 6.17. The predicted octanol–water partition coefficient (Wildman–Crippen LogP) is 2.88. The standard InChI is InChI=1S/C14H19NO/c1-3-5-11-9-15-14(16)13-8-10(4-2)6-7-12(11)13/h6-8,11H,3-5,9H2,1-2H3,(H,15,16). The molecule has 0 aromatic heterocycles. The fourth-order valence-corrected chi connectivity index (χ4v) is 2.40. The lowest BCUT2D eigenvalue weighted by Crippen LogP contribution is -2.35. The summed E-state index contributed by atoms with van der Waals surface area (Å²) in [7, 11) is 0. The number of carbonyl (C=O) groups excluding carboxylic acids is 1. The Balaban J connectivity index is 2.39. The van der Waals surface area contributed by atoms with Crippen LogP contribution < -0.4 is 5.32 Å². The van der Waals surface area contributed by atoms with Crippen LogP contribution in [0.4, 0.5) is 0 Å². The van der Waals surface area contributed by atoms with Crippen LogP contribution in [0.3, 0.4) is 0 Å². The lowest BCUT2D eigenvalue weighted by molar-refractivity contribution is 0.0939. The van der Waals surface area contributed by atoms with Gasteiger partial charge in [0, 0.05) is 18.0 Å². The molecule has 2 nitrogen and oxygen atoms in total. The van der Waals surface area contributed by atoms with Gasteiger partial charge in [-0.1, -0.05) is 32.4 Å². The van der Waals surface area contributed by atoms with E-state index in [1.807, 2.05) is 6.07 Å². The quantitative estimate of drug-likeness (QED) is 0.828. The van der Waals surface area contributed by atoms with E-state index in [2.05, 4.69) is 31.3 Å². The topological polar surface area (TPSA) is 29.1 Å². The molecule has 1 amide bonds. The first-order chi connectivity index (χ1) is 7.76. The molecule has 16 heavy (non-hydrogen) atoms. The van der Waals surface area contributed by atoms with Crippen molar-refractivity contribution in [2.24, 2.45) is 0 Å². The number of amides is 1. The van der Waals surface area contributed by atoms with Crippen molar-refractivity contribution in [3.05, 3.63) is 34.9 Å². The first-order valence-electron chi connectivity index (χ1n) is 6.17. The van der Waals surface area contributed by atoms with E-state index < -0.39 is 0 Å². The summed E-state index contributed by atoms with van der Waals surface area (Å²) in [4.78, 5) is 11.8. The third-order valence-corrected chi connectivity index (χ3v) is 3.36. The molecule has 0 radical (unpaired) electrons. The molecular weight excluding hydrogens is 198 g/mol. The number of rotatable bonds is 3. The van der Waals surface area contributed by atoms with Crippen molar-refractivity contribution in [2.75, 3.05) is 6.54 Å². The average Bonchev–Trinajstić information content (AvgIpc) is 2.33. The Bertz CT molecular complexity index is 398. The monoisotopic (exact) mass is 217 g/mol. The van der Waals surface area contributed by atoms with Crippen LogP contribution in [-0.2, 0) is 6.42 Å². The number of benzene rings is 1. The molecule has 1 heterocycles. The fraction of sp³-hybridized carbons (Fsp3) is 0.500. The van der Waals surface area contributed by atoms with E-state index >= 15 is 0 Å². The molecule has 1 unspecified atom stereocenters. The highest BCUT2D eigenvalue weighted by atomic mass is 16.1. The number of hydrogen-bond acceptors (Lipinski definition) is 1. The third kappa shape index (κ3) is 1.97. The molecule has 0 fully saturated rings. The van der Waals surface area contributed by atoms with Gasteiger partial charge in [0.15, 0.2) is 0 Å². The molecule has 0 spiro atoms. The molecule has 1 aliphatic rings. The molecule has 0 aliphatic carbocycles. The second-order valence-electron chi connectivity index (χ2n) is 4.47. The van der Waals surface area contributed by atoms with Gasteiger partial charge in [0.1, 0.15) is 0 Å². The molecule has 86 valence electrons. The van der Waals surface area contributed by atoms with Gasteiger partial charge in [-0.3, -0.25) is 4.79 Å². The van der Waals surface area contributed by atoms with Crippen LogP contribution in [0, 0.1) is 0 Å². The van der Waals surface area contributed by atoms with Gasteiger partial charge in [-0.05, 0) is 30.0 Å². The molecule has 1 aromatic carbocycles.